The Morgan fingerprint density at radius 2 is 1.72 bits per heavy atom. The van der Waals surface area contributed by atoms with Gasteiger partial charge in [0.15, 0.2) is 0 Å². The van der Waals surface area contributed by atoms with Crippen molar-refractivity contribution in [2.75, 3.05) is 10.2 Å². The zero-order valence-electron chi connectivity index (χ0n) is 16.9. The van der Waals surface area contributed by atoms with Crippen LogP contribution >= 0.6 is 0 Å². The average molecular weight is 388 g/mol. The molecule has 0 saturated carbocycles. The number of carbonyl (C=O) groups is 1. The van der Waals surface area contributed by atoms with Crippen molar-refractivity contribution >= 4 is 17.3 Å². The minimum absolute atomic E-state index is 0.0250. The van der Waals surface area contributed by atoms with Gasteiger partial charge in [0.1, 0.15) is 5.82 Å². The number of hydrogen-bond acceptors (Lipinski definition) is 2. The van der Waals surface area contributed by atoms with Gasteiger partial charge in [0.2, 0.25) is 0 Å². The lowest BCUT2D eigenvalue weighted by Crippen LogP contribution is -2.44. The monoisotopic (exact) mass is 388 g/mol. The normalized spacial score (nSPS) is 18.3. The molecule has 0 fully saturated rings. The summed E-state index contributed by atoms with van der Waals surface area (Å²) < 4.78 is 13.7. The first-order valence-corrected chi connectivity index (χ1v) is 9.95. The molecule has 2 atom stereocenters. The number of benzene rings is 3. The summed E-state index contributed by atoms with van der Waals surface area (Å²) in [6.07, 6.45) is 0.769. The van der Waals surface area contributed by atoms with Crippen LogP contribution in [0.2, 0.25) is 0 Å². The molecule has 4 rings (SSSR count). The fraction of sp³-hybridized carbons (Fsp3) is 0.240. The molecule has 1 N–H and O–H groups in total. The minimum atomic E-state index is -0.399. The number of halogens is 1. The second-order valence-corrected chi connectivity index (χ2v) is 7.90. The lowest BCUT2D eigenvalue weighted by molar-refractivity contribution is 0.0973. The van der Waals surface area contributed by atoms with Gasteiger partial charge in [-0.3, -0.25) is 4.79 Å². The number of fused-ring (bicyclic) bond motifs is 1. The molecule has 3 nitrogen and oxygen atoms in total. The Kier molecular flexibility index (Phi) is 5.10. The van der Waals surface area contributed by atoms with E-state index in [-0.39, 0.29) is 18.0 Å². The number of carbonyl (C=O) groups excluding carboxylic acids is 1. The predicted octanol–water partition coefficient (Wildman–Crippen LogP) is 6.03. The molecular weight excluding hydrogens is 363 g/mol. The summed E-state index contributed by atoms with van der Waals surface area (Å²) in [5, 5.41) is 3.62. The van der Waals surface area contributed by atoms with E-state index in [2.05, 4.69) is 48.6 Å². The van der Waals surface area contributed by atoms with Crippen molar-refractivity contribution in [2.45, 2.75) is 39.3 Å². The summed E-state index contributed by atoms with van der Waals surface area (Å²) in [4.78, 5) is 15.1. The predicted molar refractivity (Wildman–Crippen MR) is 116 cm³/mol. The molecule has 1 aliphatic rings. The molecule has 3 aromatic carbocycles. The molecule has 1 heterocycles. The summed E-state index contributed by atoms with van der Waals surface area (Å²) >= 11 is 0. The van der Waals surface area contributed by atoms with Crippen molar-refractivity contribution in [1.82, 2.24) is 0 Å². The van der Waals surface area contributed by atoms with Gasteiger partial charge >= 0.3 is 0 Å². The second kappa shape index (κ2) is 7.70. The molecule has 29 heavy (non-hydrogen) atoms. The zero-order valence-corrected chi connectivity index (χ0v) is 16.9. The van der Waals surface area contributed by atoms with E-state index in [0.29, 0.717) is 5.56 Å². The van der Waals surface area contributed by atoms with Crippen LogP contribution < -0.4 is 10.2 Å². The molecule has 0 radical (unpaired) electrons. The van der Waals surface area contributed by atoms with Crippen LogP contribution in [0, 0.1) is 19.7 Å². The minimum Gasteiger partial charge on any atom is -0.378 e. The maximum atomic E-state index is 13.7. The maximum absolute atomic E-state index is 13.7. The van der Waals surface area contributed by atoms with E-state index in [1.165, 1.54) is 17.7 Å². The first-order chi connectivity index (χ1) is 13.9. The number of nitrogens with zero attached hydrogens (tertiary/aromatic N) is 1. The highest BCUT2D eigenvalue weighted by atomic mass is 19.1. The van der Waals surface area contributed by atoms with E-state index in [9.17, 15) is 9.18 Å². The van der Waals surface area contributed by atoms with Crippen LogP contribution in [0.25, 0.3) is 0 Å². The summed E-state index contributed by atoms with van der Waals surface area (Å²) in [6, 6.07) is 20.5. The smallest absolute Gasteiger partial charge is 0.258 e. The van der Waals surface area contributed by atoms with Gasteiger partial charge in [-0.05, 0) is 74.7 Å². The second-order valence-electron chi connectivity index (χ2n) is 7.90. The van der Waals surface area contributed by atoms with Crippen LogP contribution in [0.4, 0.5) is 15.8 Å². The first-order valence-electron chi connectivity index (χ1n) is 9.95. The van der Waals surface area contributed by atoms with Gasteiger partial charge in [0.05, 0.1) is 6.04 Å². The molecule has 0 aliphatic carbocycles. The van der Waals surface area contributed by atoms with E-state index in [0.717, 1.165) is 28.9 Å². The third-order valence-electron chi connectivity index (χ3n) is 5.52. The summed E-state index contributed by atoms with van der Waals surface area (Å²) in [7, 11) is 0. The lowest BCUT2D eigenvalue weighted by atomic mass is 9.90. The summed E-state index contributed by atoms with van der Waals surface area (Å²) in [6.45, 7) is 6.14. The first kappa shape index (κ1) is 19.2. The van der Waals surface area contributed by atoms with E-state index >= 15 is 0 Å². The Morgan fingerprint density at radius 1 is 1.00 bits per heavy atom. The van der Waals surface area contributed by atoms with Gasteiger partial charge in [-0.2, -0.15) is 0 Å². The van der Waals surface area contributed by atoms with Gasteiger partial charge < -0.3 is 10.2 Å². The number of aryl methyl sites for hydroxylation is 2. The molecule has 1 amide bonds. The zero-order chi connectivity index (χ0) is 20.5. The highest BCUT2D eigenvalue weighted by molar-refractivity contribution is 6.07. The van der Waals surface area contributed by atoms with E-state index in [1.807, 2.05) is 24.8 Å². The molecule has 0 aromatic heterocycles. The fourth-order valence-corrected chi connectivity index (χ4v) is 4.03. The van der Waals surface area contributed by atoms with Crippen molar-refractivity contribution in [2.24, 2.45) is 0 Å². The fourth-order valence-electron chi connectivity index (χ4n) is 4.03. The summed E-state index contributed by atoms with van der Waals surface area (Å²) in [5.74, 6) is -0.568. The Morgan fingerprint density at radius 3 is 2.45 bits per heavy atom. The van der Waals surface area contributed by atoms with Crippen molar-refractivity contribution in [3.05, 3.63) is 94.8 Å². The van der Waals surface area contributed by atoms with E-state index in [4.69, 9.17) is 0 Å². The Balaban J connectivity index is 1.72. The van der Waals surface area contributed by atoms with Gasteiger partial charge in [-0.1, -0.05) is 35.9 Å². The average Bonchev–Trinajstić information content (AvgIpc) is 2.69. The Bertz CT molecular complexity index is 1040. The van der Waals surface area contributed by atoms with Crippen LogP contribution in [0.5, 0.6) is 0 Å². The summed E-state index contributed by atoms with van der Waals surface area (Å²) in [5.41, 5.74) is 5.71. The topological polar surface area (TPSA) is 32.3 Å². The molecule has 0 bridgehead atoms. The number of nitrogens with one attached hydrogen (secondary N) is 1. The molecule has 148 valence electrons. The van der Waals surface area contributed by atoms with Gasteiger partial charge in [-0.15, -0.1) is 0 Å². The molecule has 2 unspecified atom stereocenters. The van der Waals surface area contributed by atoms with Gasteiger partial charge in [0, 0.05) is 23.0 Å². The van der Waals surface area contributed by atoms with Gasteiger partial charge in [-0.25, -0.2) is 4.39 Å². The van der Waals surface area contributed by atoms with E-state index in [1.54, 1.807) is 12.1 Å². The third kappa shape index (κ3) is 3.88. The molecule has 1 aliphatic heterocycles. The van der Waals surface area contributed by atoms with E-state index < -0.39 is 5.82 Å². The number of anilines is 2. The van der Waals surface area contributed by atoms with Crippen molar-refractivity contribution < 1.29 is 9.18 Å². The van der Waals surface area contributed by atoms with Gasteiger partial charge in [0.25, 0.3) is 5.91 Å². The van der Waals surface area contributed by atoms with Crippen LogP contribution in [0.3, 0.4) is 0 Å². The van der Waals surface area contributed by atoms with Crippen molar-refractivity contribution in [1.29, 1.82) is 0 Å². The molecule has 0 saturated heterocycles. The SMILES string of the molecule is Cc1ccc(NC2CC(C)N(C(=O)c3cccc(F)c3)c3cc(C)ccc32)cc1. The van der Waals surface area contributed by atoms with Crippen LogP contribution in [-0.2, 0) is 0 Å². The lowest BCUT2D eigenvalue weighted by Gasteiger charge is -2.40. The highest BCUT2D eigenvalue weighted by Gasteiger charge is 2.34. The molecule has 3 aromatic rings. The Hall–Kier alpha value is -3.14. The van der Waals surface area contributed by atoms with Crippen molar-refractivity contribution in [3.63, 3.8) is 0 Å². The quantitative estimate of drug-likeness (QED) is 0.594. The number of hydrogen-bond donors (Lipinski definition) is 1. The van der Waals surface area contributed by atoms with Crippen LogP contribution in [0.15, 0.2) is 66.7 Å². The number of rotatable bonds is 3. The maximum Gasteiger partial charge on any atom is 0.258 e. The van der Waals surface area contributed by atoms with Crippen molar-refractivity contribution in [3.8, 4) is 0 Å². The Labute approximate surface area is 171 Å². The standard InChI is InChI=1S/C25H25FN2O/c1-16-7-10-21(11-8-16)27-23-14-18(3)28(24-13-17(2)9-12-22(23)24)25(29)19-5-4-6-20(26)15-19/h4-13,15,18,23,27H,14H2,1-3H3. The molecular formula is C25H25FN2O. The third-order valence-corrected chi connectivity index (χ3v) is 5.52. The van der Waals surface area contributed by atoms with Crippen LogP contribution in [-0.4, -0.2) is 11.9 Å². The highest BCUT2D eigenvalue weighted by Crippen LogP contribution is 2.40. The molecule has 0 spiro atoms. The number of amides is 1. The molecule has 4 heteroatoms. The van der Waals surface area contributed by atoms with Crippen LogP contribution in [0.1, 0.15) is 46.4 Å². The largest absolute Gasteiger partial charge is 0.378 e.